The number of carbonyl (C=O) groups excluding carboxylic acids is 1. The number of aromatic nitrogens is 2. The molecule has 5 nitrogen and oxygen atoms in total. The highest BCUT2D eigenvalue weighted by Gasteiger charge is 2.08. The predicted octanol–water partition coefficient (Wildman–Crippen LogP) is 3.19. The minimum atomic E-state index is -0.381. The van der Waals surface area contributed by atoms with E-state index in [1.54, 1.807) is 0 Å². The van der Waals surface area contributed by atoms with Gasteiger partial charge in [-0.3, -0.25) is 4.79 Å². The van der Waals surface area contributed by atoms with Crippen LogP contribution in [0.25, 0.3) is 11.4 Å². The molecule has 0 radical (unpaired) electrons. The first-order valence-electron chi connectivity index (χ1n) is 5.53. The van der Waals surface area contributed by atoms with Gasteiger partial charge in [0.2, 0.25) is 11.7 Å². The average Bonchev–Trinajstić information content (AvgIpc) is 2.85. The Morgan fingerprint density at radius 3 is 2.89 bits per heavy atom. The van der Waals surface area contributed by atoms with E-state index in [2.05, 4.69) is 10.1 Å². The van der Waals surface area contributed by atoms with Crippen molar-refractivity contribution in [2.24, 2.45) is 5.73 Å². The standard InChI is InChI=1S/C12H13N3O2S.BrH/c1-2-10-14-11(15-17-10)9-5-3-4-8(6-9)7-18-12(13)16;/h3-6H,2,7H2,1H3,(H2,13,16);1H. The van der Waals surface area contributed by atoms with E-state index in [1.165, 1.54) is 0 Å². The van der Waals surface area contributed by atoms with E-state index >= 15 is 0 Å². The first-order chi connectivity index (χ1) is 8.69. The molecule has 7 heteroatoms. The third-order valence-electron chi connectivity index (χ3n) is 2.34. The molecule has 0 spiro atoms. The van der Waals surface area contributed by atoms with Gasteiger partial charge < -0.3 is 10.3 Å². The zero-order valence-electron chi connectivity index (χ0n) is 10.3. The molecule has 0 saturated heterocycles. The topological polar surface area (TPSA) is 82.0 Å². The fourth-order valence-corrected chi connectivity index (χ4v) is 1.96. The van der Waals surface area contributed by atoms with E-state index in [0.29, 0.717) is 23.9 Å². The molecule has 0 bridgehead atoms. The van der Waals surface area contributed by atoms with Gasteiger partial charge in [-0.25, -0.2) is 0 Å². The van der Waals surface area contributed by atoms with Crippen LogP contribution in [0.5, 0.6) is 0 Å². The number of hydrogen-bond donors (Lipinski definition) is 1. The Labute approximate surface area is 125 Å². The lowest BCUT2D eigenvalue weighted by molar-refractivity contribution is 0.267. The summed E-state index contributed by atoms with van der Waals surface area (Å²) in [5.74, 6) is 1.72. The Balaban J connectivity index is 0.00000180. The molecule has 1 aromatic heterocycles. The van der Waals surface area contributed by atoms with Crippen LogP contribution in [-0.4, -0.2) is 15.4 Å². The highest BCUT2D eigenvalue weighted by atomic mass is 79.9. The smallest absolute Gasteiger partial charge is 0.276 e. The number of primary amides is 1. The van der Waals surface area contributed by atoms with E-state index < -0.39 is 0 Å². The van der Waals surface area contributed by atoms with Gasteiger partial charge in [-0.15, -0.1) is 17.0 Å². The van der Waals surface area contributed by atoms with Gasteiger partial charge >= 0.3 is 0 Å². The van der Waals surface area contributed by atoms with Crippen LogP contribution in [0, 0.1) is 0 Å². The molecule has 2 rings (SSSR count). The van der Waals surface area contributed by atoms with Crippen LogP contribution in [0.3, 0.4) is 0 Å². The lowest BCUT2D eigenvalue weighted by atomic mass is 10.1. The van der Waals surface area contributed by atoms with Gasteiger partial charge in [0.1, 0.15) is 0 Å². The van der Waals surface area contributed by atoms with Gasteiger partial charge in [-0.05, 0) is 11.6 Å². The molecule has 1 heterocycles. The van der Waals surface area contributed by atoms with Crippen molar-refractivity contribution in [1.82, 2.24) is 10.1 Å². The third kappa shape index (κ3) is 4.36. The molecule has 0 aliphatic carbocycles. The number of halogens is 1. The molecule has 0 aliphatic rings. The van der Waals surface area contributed by atoms with Gasteiger partial charge in [0.05, 0.1) is 0 Å². The van der Waals surface area contributed by atoms with Crippen molar-refractivity contribution in [1.29, 1.82) is 0 Å². The number of hydrogen-bond acceptors (Lipinski definition) is 5. The molecule has 0 unspecified atom stereocenters. The van der Waals surface area contributed by atoms with Crippen LogP contribution in [0.1, 0.15) is 18.4 Å². The molecule has 1 amide bonds. The van der Waals surface area contributed by atoms with Crippen molar-refractivity contribution in [3.8, 4) is 11.4 Å². The monoisotopic (exact) mass is 343 g/mol. The molecule has 0 saturated carbocycles. The maximum Gasteiger partial charge on any atom is 0.276 e. The van der Waals surface area contributed by atoms with Crippen LogP contribution in [0.2, 0.25) is 0 Å². The highest BCUT2D eigenvalue weighted by Crippen LogP contribution is 2.20. The third-order valence-corrected chi connectivity index (χ3v) is 3.10. The SMILES string of the molecule is Br.CCc1nc(-c2cccc(CSC(N)=O)c2)no1. The van der Waals surface area contributed by atoms with Gasteiger partial charge in [0, 0.05) is 17.7 Å². The molecular formula is C12H14BrN3O2S. The molecular weight excluding hydrogens is 330 g/mol. The van der Waals surface area contributed by atoms with E-state index in [0.717, 1.165) is 22.9 Å². The average molecular weight is 344 g/mol. The van der Waals surface area contributed by atoms with Crippen LogP contribution in [0.4, 0.5) is 4.79 Å². The molecule has 0 aliphatic heterocycles. The van der Waals surface area contributed by atoms with Crippen LogP contribution in [-0.2, 0) is 12.2 Å². The molecule has 2 aromatic rings. The fourth-order valence-electron chi connectivity index (χ4n) is 1.47. The Bertz CT molecular complexity index is 559. The minimum Gasteiger partial charge on any atom is -0.361 e. The zero-order chi connectivity index (χ0) is 13.0. The van der Waals surface area contributed by atoms with Gasteiger partial charge in [0.25, 0.3) is 5.24 Å². The van der Waals surface area contributed by atoms with Crippen molar-refractivity contribution in [3.05, 3.63) is 35.7 Å². The second-order valence-electron chi connectivity index (χ2n) is 3.67. The van der Waals surface area contributed by atoms with Crippen molar-refractivity contribution in [3.63, 3.8) is 0 Å². The Morgan fingerprint density at radius 1 is 1.47 bits per heavy atom. The molecule has 1 aromatic carbocycles. The summed E-state index contributed by atoms with van der Waals surface area (Å²) in [5.41, 5.74) is 6.97. The van der Waals surface area contributed by atoms with Crippen molar-refractivity contribution in [2.45, 2.75) is 19.1 Å². The Kier molecular flexibility index (Phi) is 6.04. The minimum absolute atomic E-state index is 0. The van der Waals surface area contributed by atoms with E-state index in [1.807, 2.05) is 31.2 Å². The van der Waals surface area contributed by atoms with Gasteiger partial charge in [0.15, 0.2) is 0 Å². The number of nitrogens with zero attached hydrogens (tertiary/aromatic N) is 2. The van der Waals surface area contributed by atoms with E-state index in [-0.39, 0.29) is 22.2 Å². The molecule has 0 atom stereocenters. The number of nitrogens with two attached hydrogens (primary N) is 1. The van der Waals surface area contributed by atoms with Crippen molar-refractivity contribution in [2.75, 3.05) is 0 Å². The van der Waals surface area contributed by atoms with E-state index in [9.17, 15) is 4.79 Å². The summed E-state index contributed by atoms with van der Waals surface area (Å²) in [6.07, 6.45) is 0.713. The summed E-state index contributed by atoms with van der Waals surface area (Å²) in [6, 6.07) is 7.66. The van der Waals surface area contributed by atoms with Crippen LogP contribution in [0.15, 0.2) is 28.8 Å². The predicted molar refractivity (Wildman–Crippen MR) is 80.3 cm³/mol. The fraction of sp³-hybridized carbons (Fsp3) is 0.250. The lowest BCUT2D eigenvalue weighted by Gasteiger charge is -2.00. The van der Waals surface area contributed by atoms with Crippen molar-refractivity contribution >= 4 is 34.0 Å². The van der Waals surface area contributed by atoms with Gasteiger partial charge in [-0.2, -0.15) is 4.98 Å². The highest BCUT2D eigenvalue weighted by molar-refractivity contribution is 8.93. The number of carbonyl (C=O) groups is 1. The van der Waals surface area contributed by atoms with E-state index in [4.69, 9.17) is 10.3 Å². The molecule has 0 fully saturated rings. The summed E-state index contributed by atoms with van der Waals surface area (Å²) in [6.45, 7) is 1.96. The molecule has 2 N–H and O–H groups in total. The summed E-state index contributed by atoms with van der Waals surface area (Å²) in [4.78, 5) is 15.0. The Hall–Kier alpha value is -1.34. The number of rotatable bonds is 4. The Morgan fingerprint density at radius 2 is 2.26 bits per heavy atom. The number of thioether (sulfide) groups is 1. The number of benzene rings is 1. The van der Waals surface area contributed by atoms with Crippen LogP contribution < -0.4 is 5.73 Å². The maximum absolute atomic E-state index is 10.7. The van der Waals surface area contributed by atoms with Crippen molar-refractivity contribution < 1.29 is 9.32 Å². The number of aryl methyl sites for hydroxylation is 1. The van der Waals surface area contributed by atoms with Crippen LogP contribution >= 0.6 is 28.7 Å². The largest absolute Gasteiger partial charge is 0.361 e. The summed E-state index contributed by atoms with van der Waals surface area (Å²) in [5, 5.41) is 3.53. The molecule has 102 valence electrons. The number of amides is 1. The lowest BCUT2D eigenvalue weighted by Crippen LogP contribution is -2.02. The first-order valence-corrected chi connectivity index (χ1v) is 6.51. The second kappa shape index (κ2) is 7.30. The summed E-state index contributed by atoms with van der Waals surface area (Å²) < 4.78 is 5.07. The summed E-state index contributed by atoms with van der Waals surface area (Å²) in [7, 11) is 0. The second-order valence-corrected chi connectivity index (χ2v) is 4.65. The maximum atomic E-state index is 10.7. The zero-order valence-corrected chi connectivity index (χ0v) is 12.9. The van der Waals surface area contributed by atoms with Gasteiger partial charge in [-0.1, -0.05) is 42.0 Å². The molecule has 19 heavy (non-hydrogen) atoms. The first kappa shape index (κ1) is 15.7. The normalized spacial score (nSPS) is 9.95. The summed E-state index contributed by atoms with van der Waals surface area (Å²) >= 11 is 1.07. The quantitative estimate of drug-likeness (QED) is 0.921.